The number of carbonyl (C=O) groups is 1. The normalized spacial score (nSPS) is 16.8. The minimum atomic E-state index is -0.409. The van der Waals surface area contributed by atoms with Gasteiger partial charge in [0.15, 0.2) is 0 Å². The molecule has 0 bridgehead atoms. The molecule has 0 radical (unpaired) electrons. The van der Waals surface area contributed by atoms with E-state index in [4.69, 9.17) is 4.42 Å². The Morgan fingerprint density at radius 2 is 2.28 bits per heavy atom. The molecule has 0 aromatic carbocycles. The number of rotatable bonds is 6. The number of amides is 2. The number of aliphatic hydroxyl groups excluding tert-OH is 1. The van der Waals surface area contributed by atoms with Gasteiger partial charge in [-0.05, 0) is 37.8 Å². The number of aliphatic hydroxyl groups is 1. The molecule has 0 aliphatic carbocycles. The zero-order valence-electron chi connectivity index (χ0n) is 14.5. The van der Waals surface area contributed by atoms with Gasteiger partial charge in [0.05, 0.1) is 24.6 Å². The van der Waals surface area contributed by atoms with Crippen LogP contribution in [-0.2, 0) is 19.5 Å². The highest BCUT2D eigenvalue weighted by Gasteiger charge is 2.23. The second-order valence-corrected chi connectivity index (χ2v) is 6.65. The maximum atomic E-state index is 12.2. The third-order valence-corrected chi connectivity index (χ3v) is 4.43. The Bertz CT molecular complexity index is 660. The van der Waals surface area contributed by atoms with E-state index in [0.29, 0.717) is 18.9 Å². The fourth-order valence-electron chi connectivity index (χ4n) is 3.09. The van der Waals surface area contributed by atoms with Gasteiger partial charge in [0.25, 0.3) is 0 Å². The van der Waals surface area contributed by atoms with Gasteiger partial charge in [-0.2, -0.15) is 0 Å². The van der Waals surface area contributed by atoms with Crippen LogP contribution < -0.4 is 5.32 Å². The molecule has 0 spiro atoms. The van der Waals surface area contributed by atoms with Crippen molar-refractivity contribution in [2.75, 3.05) is 13.1 Å². The highest BCUT2D eigenvalue weighted by molar-refractivity contribution is 5.74. The lowest BCUT2D eigenvalue weighted by Gasteiger charge is -2.31. The van der Waals surface area contributed by atoms with Gasteiger partial charge in [-0.15, -0.1) is 5.10 Å². The van der Waals surface area contributed by atoms with E-state index in [-0.39, 0.29) is 6.03 Å². The first-order valence-electron chi connectivity index (χ1n) is 8.72. The first-order valence-corrected chi connectivity index (χ1v) is 8.72. The molecule has 3 rings (SSSR count). The Hall–Kier alpha value is -2.35. The zero-order valence-corrected chi connectivity index (χ0v) is 14.5. The summed E-state index contributed by atoms with van der Waals surface area (Å²) >= 11 is 0. The maximum Gasteiger partial charge on any atom is 0.317 e. The highest BCUT2D eigenvalue weighted by atomic mass is 16.3. The van der Waals surface area contributed by atoms with Crippen molar-refractivity contribution in [1.29, 1.82) is 0 Å². The summed E-state index contributed by atoms with van der Waals surface area (Å²) in [4.78, 5) is 14.0. The molecule has 1 fully saturated rings. The summed E-state index contributed by atoms with van der Waals surface area (Å²) in [5.41, 5.74) is 0.810. The number of hydrogen-bond acceptors (Lipinski definition) is 5. The minimum absolute atomic E-state index is 0.0465. The van der Waals surface area contributed by atoms with Crippen molar-refractivity contribution in [3.63, 3.8) is 0 Å². The molecule has 0 saturated carbocycles. The summed E-state index contributed by atoms with van der Waals surface area (Å²) in [5, 5.41) is 20.5. The van der Waals surface area contributed by atoms with Crippen LogP contribution in [0.5, 0.6) is 0 Å². The van der Waals surface area contributed by atoms with Crippen LogP contribution in [0.3, 0.4) is 0 Å². The van der Waals surface area contributed by atoms with Crippen molar-refractivity contribution in [3.05, 3.63) is 36.0 Å². The Balaban J connectivity index is 1.40. The molecule has 2 N–H and O–H groups in total. The Kier molecular flexibility index (Phi) is 5.70. The number of hydrogen-bond donors (Lipinski definition) is 2. The Labute approximate surface area is 146 Å². The second-order valence-electron chi connectivity index (χ2n) is 6.65. The quantitative estimate of drug-likeness (QED) is 0.824. The largest absolute Gasteiger partial charge is 0.467 e. The lowest BCUT2D eigenvalue weighted by atomic mass is 9.97. The molecule has 136 valence electrons. The van der Waals surface area contributed by atoms with Gasteiger partial charge in [-0.3, -0.25) is 4.68 Å². The summed E-state index contributed by atoms with van der Waals surface area (Å²) in [7, 11) is 0. The number of aromatic nitrogens is 3. The number of urea groups is 1. The van der Waals surface area contributed by atoms with E-state index >= 15 is 0 Å². The minimum Gasteiger partial charge on any atom is -0.467 e. The average molecular weight is 347 g/mol. The summed E-state index contributed by atoms with van der Waals surface area (Å²) in [6.45, 7) is 4.44. The van der Waals surface area contributed by atoms with Crippen molar-refractivity contribution in [3.8, 4) is 0 Å². The molecule has 1 saturated heterocycles. The van der Waals surface area contributed by atoms with Crippen LogP contribution in [0.2, 0.25) is 0 Å². The Morgan fingerprint density at radius 3 is 2.96 bits per heavy atom. The predicted molar refractivity (Wildman–Crippen MR) is 90.6 cm³/mol. The maximum absolute atomic E-state index is 12.2. The Morgan fingerprint density at radius 1 is 1.48 bits per heavy atom. The van der Waals surface area contributed by atoms with E-state index in [2.05, 4.69) is 15.6 Å². The van der Waals surface area contributed by atoms with Crippen molar-refractivity contribution < 1.29 is 14.3 Å². The lowest BCUT2D eigenvalue weighted by molar-refractivity contribution is 0.163. The van der Waals surface area contributed by atoms with Crippen molar-refractivity contribution >= 4 is 6.03 Å². The predicted octanol–water partition coefficient (Wildman–Crippen LogP) is 1.42. The van der Waals surface area contributed by atoms with Crippen LogP contribution >= 0.6 is 0 Å². The van der Waals surface area contributed by atoms with Crippen LogP contribution in [-0.4, -0.2) is 50.2 Å². The molecule has 2 amide bonds. The first kappa shape index (κ1) is 17.5. The molecular weight excluding hydrogens is 322 g/mol. The molecule has 0 unspecified atom stereocenters. The number of carbonyl (C=O) groups excluding carboxylic acids is 1. The van der Waals surface area contributed by atoms with Gasteiger partial charge in [0.1, 0.15) is 5.76 Å². The molecule has 2 aromatic heterocycles. The average Bonchev–Trinajstić information content (AvgIpc) is 3.25. The van der Waals surface area contributed by atoms with E-state index in [1.807, 2.05) is 27.9 Å². The summed E-state index contributed by atoms with van der Waals surface area (Å²) in [5.74, 6) is 1.23. The van der Waals surface area contributed by atoms with Gasteiger partial charge in [-0.25, -0.2) is 4.79 Å². The number of furan rings is 1. The SMILES string of the molecule is C[C@@H](O)Cc1cn(CC2CCN(C(=O)NCc3ccco3)CC2)nn1. The van der Waals surface area contributed by atoms with Crippen molar-refractivity contribution in [2.45, 2.75) is 45.4 Å². The number of likely N-dealkylation sites (tertiary alicyclic amines) is 1. The van der Waals surface area contributed by atoms with E-state index in [1.165, 1.54) is 0 Å². The number of nitrogens with zero attached hydrogens (tertiary/aromatic N) is 4. The number of piperidine rings is 1. The van der Waals surface area contributed by atoms with Gasteiger partial charge >= 0.3 is 6.03 Å². The molecule has 8 heteroatoms. The fraction of sp³-hybridized carbons (Fsp3) is 0.588. The topological polar surface area (TPSA) is 96.4 Å². The van der Waals surface area contributed by atoms with Gasteiger partial charge in [0.2, 0.25) is 0 Å². The summed E-state index contributed by atoms with van der Waals surface area (Å²) in [6.07, 6.45) is 5.50. The van der Waals surface area contributed by atoms with E-state index in [1.54, 1.807) is 13.2 Å². The van der Waals surface area contributed by atoms with Crippen LogP contribution in [0.1, 0.15) is 31.2 Å². The van der Waals surface area contributed by atoms with Crippen molar-refractivity contribution in [1.82, 2.24) is 25.2 Å². The lowest BCUT2D eigenvalue weighted by Crippen LogP contribution is -2.44. The zero-order chi connectivity index (χ0) is 17.6. The van der Waals surface area contributed by atoms with E-state index in [9.17, 15) is 9.90 Å². The van der Waals surface area contributed by atoms with E-state index in [0.717, 1.165) is 43.9 Å². The third kappa shape index (κ3) is 5.06. The van der Waals surface area contributed by atoms with Gasteiger partial charge < -0.3 is 19.7 Å². The molecule has 1 aliphatic rings. The molecule has 2 aromatic rings. The summed E-state index contributed by atoms with van der Waals surface area (Å²) in [6, 6.07) is 3.61. The van der Waals surface area contributed by atoms with Crippen LogP contribution in [0.25, 0.3) is 0 Å². The summed E-state index contributed by atoms with van der Waals surface area (Å²) < 4.78 is 7.06. The third-order valence-electron chi connectivity index (χ3n) is 4.43. The fourth-order valence-corrected chi connectivity index (χ4v) is 3.09. The highest BCUT2D eigenvalue weighted by Crippen LogP contribution is 2.19. The van der Waals surface area contributed by atoms with Gasteiger partial charge in [-0.1, -0.05) is 5.21 Å². The monoisotopic (exact) mass is 347 g/mol. The molecule has 8 nitrogen and oxygen atoms in total. The molecule has 3 heterocycles. The second kappa shape index (κ2) is 8.15. The molecule has 1 atom stereocenters. The molecular formula is C17H25N5O3. The number of nitrogens with one attached hydrogen (secondary N) is 1. The van der Waals surface area contributed by atoms with Crippen LogP contribution in [0.15, 0.2) is 29.0 Å². The smallest absolute Gasteiger partial charge is 0.317 e. The first-order chi connectivity index (χ1) is 12.1. The van der Waals surface area contributed by atoms with E-state index < -0.39 is 6.10 Å². The standard InChI is InChI=1S/C17H25N5O3/c1-13(23)9-15-12-22(20-19-15)11-14-4-6-21(7-5-14)17(24)18-10-16-3-2-8-25-16/h2-3,8,12-14,23H,4-7,9-11H2,1H3,(H,18,24)/t13-/m1/s1. The van der Waals surface area contributed by atoms with Crippen LogP contribution in [0, 0.1) is 5.92 Å². The molecule has 1 aliphatic heterocycles. The van der Waals surface area contributed by atoms with Crippen molar-refractivity contribution in [2.24, 2.45) is 5.92 Å². The molecule has 25 heavy (non-hydrogen) atoms. The van der Waals surface area contributed by atoms with Crippen LogP contribution in [0.4, 0.5) is 4.79 Å². The van der Waals surface area contributed by atoms with Gasteiger partial charge in [0, 0.05) is 32.3 Å².